The lowest BCUT2D eigenvalue weighted by Gasteiger charge is -2.12. The number of rotatable bonds is 10. The summed E-state index contributed by atoms with van der Waals surface area (Å²) >= 11 is 1.27. The van der Waals surface area contributed by atoms with Crippen molar-refractivity contribution in [3.8, 4) is 34.3 Å². The summed E-state index contributed by atoms with van der Waals surface area (Å²) in [6.07, 6.45) is 0. The Bertz CT molecular complexity index is 1410. The summed E-state index contributed by atoms with van der Waals surface area (Å²) in [4.78, 5) is 12.6. The molecular weight excluding hydrogens is 490 g/mol. The molecule has 0 saturated heterocycles. The number of nitrogens with zero attached hydrogens (tertiary/aromatic N) is 4. The molecule has 37 heavy (non-hydrogen) atoms. The molecule has 4 rings (SSSR count). The average molecular weight is 518 g/mol. The number of benzene rings is 3. The Morgan fingerprint density at radius 2 is 1.70 bits per heavy atom. The quantitative estimate of drug-likeness (QED) is 0.187. The summed E-state index contributed by atoms with van der Waals surface area (Å²) in [5.41, 5.74) is 5.80. The van der Waals surface area contributed by atoms with Gasteiger partial charge in [0.15, 0.2) is 22.5 Å². The van der Waals surface area contributed by atoms with E-state index < -0.39 is 0 Å². The SMILES string of the molecule is COc1cccc(/C(C)=N/NC(=O)CSc2nnc(-c3ccc(OC)c(OC)c3)n2-c2ccccc2)c1. The molecule has 0 bridgehead atoms. The number of ether oxygens (including phenoxy) is 3. The predicted molar refractivity (Wildman–Crippen MR) is 144 cm³/mol. The molecule has 0 saturated carbocycles. The molecular formula is C27H27N5O4S. The van der Waals surface area contributed by atoms with Crippen molar-refractivity contribution in [2.75, 3.05) is 27.1 Å². The number of amides is 1. The summed E-state index contributed by atoms with van der Waals surface area (Å²) in [5.74, 6) is 2.38. The molecule has 1 aromatic heterocycles. The maximum Gasteiger partial charge on any atom is 0.250 e. The van der Waals surface area contributed by atoms with E-state index in [9.17, 15) is 4.79 Å². The molecule has 190 valence electrons. The summed E-state index contributed by atoms with van der Waals surface area (Å²) in [6, 6.07) is 22.8. The van der Waals surface area contributed by atoms with Crippen molar-refractivity contribution >= 4 is 23.4 Å². The van der Waals surface area contributed by atoms with E-state index in [0.29, 0.717) is 28.2 Å². The number of thioether (sulfide) groups is 1. The van der Waals surface area contributed by atoms with Crippen molar-refractivity contribution < 1.29 is 19.0 Å². The van der Waals surface area contributed by atoms with Gasteiger partial charge in [0, 0.05) is 16.8 Å². The van der Waals surface area contributed by atoms with E-state index in [1.54, 1.807) is 21.3 Å². The second kappa shape index (κ2) is 12.1. The Morgan fingerprint density at radius 1 is 0.919 bits per heavy atom. The van der Waals surface area contributed by atoms with E-state index in [0.717, 1.165) is 22.6 Å². The molecule has 0 aliphatic rings. The van der Waals surface area contributed by atoms with E-state index in [1.165, 1.54) is 11.8 Å². The van der Waals surface area contributed by atoms with Crippen LogP contribution in [0, 0.1) is 0 Å². The molecule has 1 N–H and O–H groups in total. The lowest BCUT2D eigenvalue weighted by atomic mass is 10.1. The first-order valence-corrected chi connectivity index (χ1v) is 12.4. The first-order chi connectivity index (χ1) is 18.0. The normalized spacial score (nSPS) is 11.2. The Labute approximate surface area is 219 Å². The fourth-order valence-corrected chi connectivity index (χ4v) is 4.30. The van der Waals surface area contributed by atoms with Crippen LogP contribution in [0.2, 0.25) is 0 Å². The Hall–Kier alpha value is -4.31. The van der Waals surface area contributed by atoms with Gasteiger partial charge in [0.25, 0.3) is 5.91 Å². The number of carbonyl (C=O) groups is 1. The summed E-state index contributed by atoms with van der Waals surface area (Å²) in [7, 11) is 4.78. The van der Waals surface area contributed by atoms with Gasteiger partial charge in [-0.05, 0) is 49.4 Å². The van der Waals surface area contributed by atoms with Crippen LogP contribution >= 0.6 is 11.8 Å². The van der Waals surface area contributed by atoms with E-state index in [4.69, 9.17) is 14.2 Å². The molecule has 1 heterocycles. The first-order valence-electron chi connectivity index (χ1n) is 11.4. The van der Waals surface area contributed by atoms with Crippen LogP contribution in [-0.4, -0.2) is 53.5 Å². The van der Waals surface area contributed by atoms with Crippen molar-refractivity contribution in [2.45, 2.75) is 12.1 Å². The standard InChI is InChI=1S/C27H27N5O4S/c1-18(19-9-8-12-22(15-19)34-2)28-29-25(33)17-37-27-31-30-26(32(27)21-10-6-5-7-11-21)20-13-14-23(35-3)24(16-20)36-4/h5-16H,17H2,1-4H3,(H,29,33)/b28-18+. The molecule has 0 radical (unpaired) electrons. The third kappa shape index (κ3) is 6.10. The zero-order valence-electron chi connectivity index (χ0n) is 21.0. The van der Waals surface area contributed by atoms with Crippen LogP contribution < -0.4 is 19.6 Å². The molecule has 3 aromatic carbocycles. The number of nitrogens with one attached hydrogen (secondary N) is 1. The minimum absolute atomic E-state index is 0.103. The third-order valence-electron chi connectivity index (χ3n) is 5.46. The van der Waals surface area contributed by atoms with E-state index in [1.807, 2.05) is 84.3 Å². The van der Waals surface area contributed by atoms with Gasteiger partial charge in [0.2, 0.25) is 0 Å². The second-order valence-electron chi connectivity index (χ2n) is 7.80. The first kappa shape index (κ1) is 25.8. The third-order valence-corrected chi connectivity index (χ3v) is 6.39. The maximum absolute atomic E-state index is 12.6. The van der Waals surface area contributed by atoms with E-state index in [-0.39, 0.29) is 11.7 Å². The highest BCUT2D eigenvalue weighted by atomic mass is 32.2. The molecule has 0 aliphatic heterocycles. The fraction of sp³-hybridized carbons (Fsp3) is 0.185. The van der Waals surface area contributed by atoms with Crippen molar-refractivity contribution in [3.05, 3.63) is 78.4 Å². The van der Waals surface area contributed by atoms with Crippen LogP contribution in [0.15, 0.2) is 83.1 Å². The zero-order valence-corrected chi connectivity index (χ0v) is 21.8. The van der Waals surface area contributed by atoms with Gasteiger partial charge in [-0.1, -0.05) is 42.1 Å². The highest BCUT2D eigenvalue weighted by Gasteiger charge is 2.19. The average Bonchev–Trinajstić information content (AvgIpc) is 3.38. The summed E-state index contributed by atoms with van der Waals surface area (Å²) in [6.45, 7) is 1.82. The van der Waals surface area contributed by atoms with Crippen molar-refractivity contribution in [1.82, 2.24) is 20.2 Å². The highest BCUT2D eigenvalue weighted by molar-refractivity contribution is 7.99. The fourth-order valence-electron chi connectivity index (χ4n) is 3.56. The number of methoxy groups -OCH3 is 3. The molecule has 10 heteroatoms. The van der Waals surface area contributed by atoms with Crippen molar-refractivity contribution in [3.63, 3.8) is 0 Å². The monoisotopic (exact) mass is 517 g/mol. The maximum atomic E-state index is 12.6. The van der Waals surface area contributed by atoms with Crippen LogP contribution in [0.25, 0.3) is 17.1 Å². The van der Waals surface area contributed by atoms with Gasteiger partial charge in [-0.3, -0.25) is 9.36 Å². The molecule has 0 unspecified atom stereocenters. The number of para-hydroxylation sites is 1. The molecule has 0 atom stereocenters. The predicted octanol–water partition coefficient (Wildman–Crippen LogP) is 4.59. The number of hydrazone groups is 1. The van der Waals surface area contributed by atoms with Gasteiger partial charge in [-0.15, -0.1) is 10.2 Å². The molecule has 0 aliphatic carbocycles. The van der Waals surface area contributed by atoms with Gasteiger partial charge in [0.05, 0.1) is 32.8 Å². The largest absolute Gasteiger partial charge is 0.497 e. The zero-order chi connectivity index (χ0) is 26.2. The lowest BCUT2D eigenvalue weighted by Crippen LogP contribution is -2.21. The van der Waals surface area contributed by atoms with Crippen molar-refractivity contribution in [2.24, 2.45) is 5.10 Å². The number of carbonyl (C=O) groups excluding carboxylic acids is 1. The Morgan fingerprint density at radius 3 is 2.43 bits per heavy atom. The van der Waals surface area contributed by atoms with Crippen LogP contribution in [-0.2, 0) is 4.79 Å². The van der Waals surface area contributed by atoms with Gasteiger partial charge in [-0.2, -0.15) is 5.10 Å². The lowest BCUT2D eigenvalue weighted by molar-refractivity contribution is -0.118. The molecule has 1 amide bonds. The minimum Gasteiger partial charge on any atom is -0.497 e. The van der Waals surface area contributed by atoms with Gasteiger partial charge < -0.3 is 14.2 Å². The smallest absolute Gasteiger partial charge is 0.250 e. The molecule has 0 fully saturated rings. The van der Waals surface area contributed by atoms with E-state index >= 15 is 0 Å². The van der Waals surface area contributed by atoms with Crippen LogP contribution in [0.5, 0.6) is 17.2 Å². The molecule has 4 aromatic rings. The molecule has 0 spiro atoms. The number of hydrogen-bond donors (Lipinski definition) is 1. The van der Waals surface area contributed by atoms with Gasteiger partial charge in [-0.25, -0.2) is 5.43 Å². The van der Waals surface area contributed by atoms with E-state index in [2.05, 4.69) is 20.7 Å². The van der Waals surface area contributed by atoms with Crippen LogP contribution in [0.3, 0.4) is 0 Å². The highest BCUT2D eigenvalue weighted by Crippen LogP contribution is 2.34. The topological polar surface area (TPSA) is 99.9 Å². The molecule has 9 nitrogen and oxygen atoms in total. The second-order valence-corrected chi connectivity index (χ2v) is 8.74. The van der Waals surface area contributed by atoms with Gasteiger partial charge in [0.1, 0.15) is 5.75 Å². The van der Waals surface area contributed by atoms with Crippen LogP contribution in [0.1, 0.15) is 12.5 Å². The number of hydrogen-bond acceptors (Lipinski definition) is 8. The number of aromatic nitrogens is 3. The Kier molecular flexibility index (Phi) is 8.42. The van der Waals surface area contributed by atoms with Crippen molar-refractivity contribution in [1.29, 1.82) is 0 Å². The summed E-state index contributed by atoms with van der Waals surface area (Å²) < 4.78 is 18.0. The summed E-state index contributed by atoms with van der Waals surface area (Å²) in [5, 5.41) is 13.6. The van der Waals surface area contributed by atoms with Gasteiger partial charge >= 0.3 is 0 Å². The Balaban J connectivity index is 1.54. The van der Waals surface area contributed by atoms with Crippen LogP contribution in [0.4, 0.5) is 0 Å². The minimum atomic E-state index is -0.262.